The van der Waals surface area contributed by atoms with Gasteiger partial charge in [0.2, 0.25) is 5.91 Å². The first-order chi connectivity index (χ1) is 27.9. The summed E-state index contributed by atoms with van der Waals surface area (Å²) in [6, 6.07) is 25.1. The fourth-order valence-electron chi connectivity index (χ4n) is 6.65. The predicted molar refractivity (Wildman–Crippen MR) is 231 cm³/mol. The Morgan fingerprint density at radius 1 is 1.00 bits per heavy atom. The van der Waals surface area contributed by atoms with Gasteiger partial charge in [0, 0.05) is 98.8 Å². The first kappa shape index (κ1) is 40.9. The molecule has 58 heavy (non-hydrogen) atoms. The minimum absolute atomic E-state index is 0.0482. The van der Waals surface area contributed by atoms with Gasteiger partial charge in [0.15, 0.2) is 5.82 Å². The normalized spacial score (nSPS) is 13.9. The van der Waals surface area contributed by atoms with Crippen molar-refractivity contribution in [1.29, 1.82) is 0 Å². The molecule has 14 nitrogen and oxygen atoms in total. The number of thioether (sulfide) groups is 1. The Balaban J connectivity index is 1.03. The highest BCUT2D eigenvalue weighted by Gasteiger charge is 2.26. The number of piperazine rings is 1. The van der Waals surface area contributed by atoms with Gasteiger partial charge < -0.3 is 15.1 Å². The number of hydrogen-bond donors (Lipinski definition) is 2. The van der Waals surface area contributed by atoms with Gasteiger partial charge >= 0.3 is 0 Å². The van der Waals surface area contributed by atoms with Crippen LogP contribution in [0, 0.1) is 10.1 Å². The second-order valence-electron chi connectivity index (χ2n) is 13.8. The summed E-state index contributed by atoms with van der Waals surface area (Å²) in [5.41, 5.74) is 4.70. The minimum Gasteiger partial charge on any atom is -0.375 e. The van der Waals surface area contributed by atoms with Crippen molar-refractivity contribution >= 4 is 84.4 Å². The number of rotatable bonds is 15. The highest BCUT2D eigenvalue weighted by atomic mass is 35.5. The molecule has 18 heteroatoms. The molecule has 1 saturated heterocycles. The van der Waals surface area contributed by atoms with E-state index < -0.39 is 26.7 Å². The average molecular weight is 858 g/mol. The third-order valence-electron chi connectivity index (χ3n) is 9.73. The highest BCUT2D eigenvalue weighted by Crippen LogP contribution is 2.33. The first-order valence-electron chi connectivity index (χ1n) is 18.3. The molecule has 0 spiro atoms. The molecule has 1 fully saturated rings. The van der Waals surface area contributed by atoms with E-state index in [0.29, 0.717) is 21.7 Å². The van der Waals surface area contributed by atoms with Crippen LogP contribution in [0.15, 0.2) is 112 Å². The van der Waals surface area contributed by atoms with Crippen LogP contribution in [0.1, 0.15) is 12.0 Å². The van der Waals surface area contributed by atoms with Crippen molar-refractivity contribution in [2.24, 2.45) is 0 Å². The van der Waals surface area contributed by atoms with E-state index in [1.54, 1.807) is 26.4 Å². The second-order valence-corrected chi connectivity index (χ2v) is 18.1. The summed E-state index contributed by atoms with van der Waals surface area (Å²) in [6.45, 7) is 4.10. The van der Waals surface area contributed by atoms with E-state index in [1.807, 2.05) is 47.8 Å². The Morgan fingerprint density at radius 3 is 2.50 bits per heavy atom. The van der Waals surface area contributed by atoms with Gasteiger partial charge in [0.05, 0.1) is 15.3 Å². The molecule has 1 amide bonds. The van der Waals surface area contributed by atoms with Crippen LogP contribution in [0.25, 0.3) is 22.0 Å². The molecule has 2 N–H and O–H groups in total. The van der Waals surface area contributed by atoms with Crippen LogP contribution >= 0.6 is 34.7 Å². The molecule has 2 aromatic heterocycles. The molecule has 0 saturated carbocycles. The Bertz CT molecular complexity index is 2520. The lowest BCUT2D eigenvalue weighted by Gasteiger charge is -2.36. The number of aromatic nitrogens is 3. The average Bonchev–Trinajstić information content (AvgIpc) is 3.74. The molecule has 300 valence electrons. The van der Waals surface area contributed by atoms with E-state index in [-0.39, 0.29) is 28.7 Å². The summed E-state index contributed by atoms with van der Waals surface area (Å²) in [6.07, 6.45) is 3.02. The van der Waals surface area contributed by atoms with E-state index >= 15 is 0 Å². The molecular weight excluding hydrogens is 818 g/mol. The van der Waals surface area contributed by atoms with Gasteiger partial charge in [0.25, 0.3) is 15.7 Å². The molecule has 3 heterocycles. The summed E-state index contributed by atoms with van der Waals surface area (Å²) in [7, 11) is -1.06. The van der Waals surface area contributed by atoms with Crippen LogP contribution in [-0.4, -0.2) is 96.1 Å². The molecule has 6 aromatic rings. The van der Waals surface area contributed by atoms with Gasteiger partial charge in [-0.15, -0.1) is 11.3 Å². The molecule has 0 unspecified atom stereocenters. The fraction of sp³-hybridized carbons (Fsp3) is 0.250. The number of carbonyl (C=O) groups is 1. The van der Waals surface area contributed by atoms with Crippen molar-refractivity contribution in [2.45, 2.75) is 28.2 Å². The zero-order chi connectivity index (χ0) is 40.8. The molecule has 7 rings (SSSR count). The van der Waals surface area contributed by atoms with Gasteiger partial charge in [0.1, 0.15) is 16.4 Å². The molecule has 1 aliphatic heterocycles. The number of fused-ring (bicyclic) bond motifs is 1. The van der Waals surface area contributed by atoms with Gasteiger partial charge in [-0.1, -0.05) is 59.8 Å². The smallest absolute Gasteiger partial charge is 0.293 e. The summed E-state index contributed by atoms with van der Waals surface area (Å²) in [5, 5.41) is 18.4. The summed E-state index contributed by atoms with van der Waals surface area (Å²) >= 11 is 9.00. The summed E-state index contributed by atoms with van der Waals surface area (Å²) < 4.78 is 30.7. The maximum absolute atomic E-state index is 13.7. The Morgan fingerprint density at radius 2 is 1.78 bits per heavy atom. The van der Waals surface area contributed by atoms with Gasteiger partial charge in [-0.05, 0) is 59.2 Å². The van der Waals surface area contributed by atoms with Crippen LogP contribution in [0.4, 0.5) is 22.9 Å². The lowest BCUT2D eigenvalue weighted by Crippen LogP contribution is -2.46. The van der Waals surface area contributed by atoms with Gasteiger partial charge in [-0.25, -0.2) is 23.4 Å². The van der Waals surface area contributed by atoms with E-state index in [2.05, 4.69) is 53.0 Å². The van der Waals surface area contributed by atoms with E-state index in [9.17, 15) is 23.3 Å². The summed E-state index contributed by atoms with van der Waals surface area (Å²) in [5.74, 6) is 0.275. The maximum atomic E-state index is 13.7. The summed E-state index contributed by atoms with van der Waals surface area (Å²) in [4.78, 5) is 43.0. The third kappa shape index (κ3) is 9.85. The second kappa shape index (κ2) is 18.1. The number of nitrogens with zero attached hydrogens (tertiary/aromatic N) is 7. The number of sulfonamides is 1. The molecule has 0 bridgehead atoms. The predicted octanol–water partition coefficient (Wildman–Crippen LogP) is 7.49. The van der Waals surface area contributed by atoms with Crippen molar-refractivity contribution in [3.63, 3.8) is 0 Å². The molecule has 1 atom stereocenters. The number of hydrogen-bond acceptors (Lipinski definition) is 13. The number of nitro groups is 1. The number of carbonyl (C=O) groups excluding carboxylic acids is 1. The quantitative estimate of drug-likeness (QED) is 0.0595. The zero-order valence-electron chi connectivity index (χ0n) is 31.6. The fourth-order valence-corrected chi connectivity index (χ4v) is 9.51. The standard InChI is InChI=1S/C40H40ClN9O5S3/c1-47(2)38(51)21-30(25-57-40-42-15-20-56-40)45-35-14-12-32(23-37(35)50(52)53)58(54,55)46-39-34-13-11-31(22-36(34)43-26-44-39)49-18-16-48(17-19-49)24-28-5-3-4-6-33(28)27-7-9-29(41)10-8-27/h3-15,20,22-23,26,30,45H,16-19,21,24-25H2,1-2H3,(H,43,44,46)/t30-/m1/s1. The number of halogens is 1. The Labute approximate surface area is 349 Å². The van der Waals surface area contributed by atoms with Gasteiger partial charge in [-0.2, -0.15) is 0 Å². The topological polar surface area (TPSA) is 167 Å². The third-order valence-corrected chi connectivity index (χ3v) is 13.4. The zero-order valence-corrected chi connectivity index (χ0v) is 34.8. The van der Waals surface area contributed by atoms with Crippen molar-refractivity contribution < 1.29 is 18.1 Å². The highest BCUT2D eigenvalue weighted by molar-refractivity contribution is 8.01. The molecule has 0 radical (unpaired) electrons. The largest absolute Gasteiger partial charge is 0.375 e. The minimum atomic E-state index is -4.33. The molecular formula is C40H40ClN9O5S3. The monoisotopic (exact) mass is 857 g/mol. The number of thiazole rings is 1. The lowest BCUT2D eigenvalue weighted by atomic mass is 9.99. The Hall–Kier alpha value is -5.33. The SMILES string of the molecule is CN(C)C(=O)C[C@H](CSc1nccs1)Nc1ccc(S(=O)(=O)Nc2ncnc3cc(N4CCN(Cc5ccccc5-c5ccc(Cl)cc5)CC4)ccc23)cc1[N+](=O)[O-]. The molecule has 1 aliphatic rings. The number of benzene rings is 4. The van der Waals surface area contributed by atoms with Crippen molar-refractivity contribution in [3.05, 3.63) is 124 Å². The van der Waals surface area contributed by atoms with Crippen LogP contribution in [0.2, 0.25) is 5.02 Å². The van der Waals surface area contributed by atoms with Crippen molar-refractivity contribution in [3.8, 4) is 11.1 Å². The van der Waals surface area contributed by atoms with Crippen molar-refractivity contribution in [1.82, 2.24) is 24.8 Å². The van der Waals surface area contributed by atoms with E-state index in [4.69, 9.17) is 11.6 Å². The number of nitrogens with one attached hydrogen (secondary N) is 2. The number of amides is 1. The number of nitro benzene ring substituents is 1. The first-order valence-corrected chi connectivity index (χ1v) is 22.0. The molecule has 4 aromatic carbocycles. The molecule has 0 aliphatic carbocycles. The van der Waals surface area contributed by atoms with Gasteiger partial charge in [-0.3, -0.25) is 24.5 Å². The van der Waals surface area contributed by atoms with Crippen molar-refractivity contribution in [2.75, 3.05) is 61.0 Å². The van der Waals surface area contributed by atoms with Crippen LogP contribution < -0.4 is 14.9 Å². The van der Waals surface area contributed by atoms with E-state index in [0.717, 1.165) is 54.4 Å². The van der Waals surface area contributed by atoms with E-state index in [1.165, 1.54) is 57.6 Å². The van der Waals surface area contributed by atoms with Crippen LogP contribution in [0.5, 0.6) is 0 Å². The lowest BCUT2D eigenvalue weighted by molar-refractivity contribution is -0.384. The Kier molecular flexibility index (Phi) is 12.7. The number of anilines is 3. The van der Waals surface area contributed by atoms with Crippen LogP contribution in [0.3, 0.4) is 0 Å². The van der Waals surface area contributed by atoms with Crippen LogP contribution in [-0.2, 0) is 21.4 Å². The maximum Gasteiger partial charge on any atom is 0.293 e.